The zero-order valence-electron chi connectivity index (χ0n) is 11.8. The normalized spacial score (nSPS) is 25.6. The molecule has 0 bridgehead atoms. The lowest BCUT2D eigenvalue weighted by Gasteiger charge is -2.35. The van der Waals surface area contributed by atoms with Crippen molar-refractivity contribution in [1.29, 1.82) is 0 Å². The smallest absolute Gasteiger partial charge is 0.106 e. The standard InChI is InChI=1S/C15H20ClN3OS/c16-10-3-4-14(13(6-10)15(17)21)18-7-12-8-19-5-1-2-11(19)9-20-12/h3-4,6,11-12,18H,1-2,5,7-9H2,(H2,17,21). The van der Waals surface area contributed by atoms with Gasteiger partial charge in [-0.25, -0.2) is 0 Å². The molecule has 0 aromatic heterocycles. The van der Waals surface area contributed by atoms with E-state index in [1.165, 1.54) is 19.4 Å². The molecule has 2 aliphatic heterocycles. The summed E-state index contributed by atoms with van der Waals surface area (Å²) in [6.45, 7) is 3.78. The summed E-state index contributed by atoms with van der Waals surface area (Å²) in [7, 11) is 0. The molecule has 0 spiro atoms. The van der Waals surface area contributed by atoms with Crippen molar-refractivity contribution in [1.82, 2.24) is 4.90 Å². The summed E-state index contributed by atoms with van der Waals surface area (Å²) in [4.78, 5) is 2.88. The van der Waals surface area contributed by atoms with Crippen molar-refractivity contribution >= 4 is 34.5 Å². The SMILES string of the molecule is NC(=S)c1cc(Cl)ccc1NCC1CN2CCCC2CO1. The molecule has 0 radical (unpaired) electrons. The van der Waals surface area contributed by atoms with Crippen molar-refractivity contribution in [2.75, 3.05) is 31.6 Å². The average Bonchev–Trinajstić information content (AvgIpc) is 2.93. The topological polar surface area (TPSA) is 50.5 Å². The molecule has 4 nitrogen and oxygen atoms in total. The minimum absolute atomic E-state index is 0.203. The van der Waals surface area contributed by atoms with Crippen LogP contribution in [0.1, 0.15) is 18.4 Å². The summed E-state index contributed by atoms with van der Waals surface area (Å²) in [5, 5.41) is 4.03. The summed E-state index contributed by atoms with van der Waals surface area (Å²) in [6, 6.07) is 6.18. The molecule has 2 heterocycles. The van der Waals surface area contributed by atoms with Crippen LogP contribution in [0.2, 0.25) is 5.02 Å². The molecular weight excluding hydrogens is 306 g/mol. The molecule has 2 unspecified atom stereocenters. The Morgan fingerprint density at radius 1 is 1.52 bits per heavy atom. The third kappa shape index (κ3) is 3.48. The lowest BCUT2D eigenvalue weighted by molar-refractivity contribution is -0.0415. The number of fused-ring (bicyclic) bond motifs is 1. The number of halogens is 1. The first kappa shape index (κ1) is 15.0. The first-order valence-electron chi connectivity index (χ1n) is 7.32. The summed E-state index contributed by atoms with van der Waals surface area (Å²) < 4.78 is 5.94. The lowest BCUT2D eigenvalue weighted by Crippen LogP contribution is -2.48. The fourth-order valence-electron chi connectivity index (χ4n) is 3.11. The number of hydrogen-bond acceptors (Lipinski definition) is 4. The molecule has 1 aromatic carbocycles. The maximum Gasteiger partial charge on any atom is 0.106 e. The highest BCUT2D eigenvalue weighted by molar-refractivity contribution is 7.80. The predicted octanol–water partition coefficient (Wildman–Crippen LogP) is 2.25. The van der Waals surface area contributed by atoms with Crippen LogP contribution in [0.5, 0.6) is 0 Å². The predicted molar refractivity (Wildman–Crippen MR) is 90.2 cm³/mol. The van der Waals surface area contributed by atoms with Crippen LogP contribution in [0.25, 0.3) is 0 Å². The summed E-state index contributed by atoms with van der Waals surface area (Å²) in [5.74, 6) is 0. The molecule has 1 aromatic rings. The van der Waals surface area contributed by atoms with Gasteiger partial charge < -0.3 is 15.8 Å². The number of thiocarbonyl (C=S) groups is 1. The minimum atomic E-state index is 0.203. The Kier molecular flexibility index (Phi) is 4.64. The highest BCUT2D eigenvalue weighted by Gasteiger charge is 2.32. The largest absolute Gasteiger partial charge is 0.389 e. The maximum atomic E-state index is 6.00. The minimum Gasteiger partial charge on any atom is -0.389 e. The van der Waals surface area contributed by atoms with Gasteiger partial charge >= 0.3 is 0 Å². The molecule has 2 aliphatic rings. The molecule has 0 saturated carbocycles. The third-order valence-corrected chi connectivity index (χ3v) is 4.68. The molecular formula is C15H20ClN3OS. The Hall–Kier alpha value is -0.880. The zero-order valence-corrected chi connectivity index (χ0v) is 13.4. The van der Waals surface area contributed by atoms with Crippen molar-refractivity contribution in [2.45, 2.75) is 25.0 Å². The molecule has 6 heteroatoms. The number of anilines is 1. The lowest BCUT2D eigenvalue weighted by atomic mass is 10.1. The van der Waals surface area contributed by atoms with Gasteiger partial charge in [0.15, 0.2) is 0 Å². The number of rotatable bonds is 4. The number of nitrogens with one attached hydrogen (secondary N) is 1. The van der Waals surface area contributed by atoms with Crippen LogP contribution in [-0.2, 0) is 4.74 Å². The summed E-state index contributed by atoms with van der Waals surface area (Å²) >= 11 is 11.1. The van der Waals surface area contributed by atoms with Gasteiger partial charge in [0.05, 0.1) is 12.7 Å². The second kappa shape index (κ2) is 6.48. The number of ether oxygens (including phenoxy) is 1. The van der Waals surface area contributed by atoms with Gasteiger partial charge in [0, 0.05) is 35.4 Å². The van der Waals surface area contributed by atoms with Gasteiger partial charge in [0.25, 0.3) is 0 Å². The van der Waals surface area contributed by atoms with E-state index in [0.717, 1.165) is 30.9 Å². The van der Waals surface area contributed by atoms with Gasteiger partial charge in [-0.05, 0) is 37.6 Å². The Balaban J connectivity index is 1.61. The summed E-state index contributed by atoms with van der Waals surface area (Å²) in [5.41, 5.74) is 7.46. The van der Waals surface area contributed by atoms with Gasteiger partial charge in [-0.3, -0.25) is 4.90 Å². The Morgan fingerprint density at radius 3 is 3.19 bits per heavy atom. The van der Waals surface area contributed by atoms with E-state index in [0.29, 0.717) is 16.1 Å². The van der Waals surface area contributed by atoms with E-state index in [9.17, 15) is 0 Å². The number of morpholine rings is 1. The van der Waals surface area contributed by atoms with E-state index in [4.69, 9.17) is 34.3 Å². The first-order valence-corrected chi connectivity index (χ1v) is 8.11. The number of nitrogens with zero attached hydrogens (tertiary/aromatic N) is 1. The molecule has 114 valence electrons. The van der Waals surface area contributed by atoms with Crippen LogP contribution in [-0.4, -0.2) is 48.3 Å². The number of nitrogens with two attached hydrogens (primary N) is 1. The van der Waals surface area contributed by atoms with Crippen LogP contribution >= 0.6 is 23.8 Å². The van der Waals surface area contributed by atoms with E-state index in [1.807, 2.05) is 12.1 Å². The monoisotopic (exact) mass is 325 g/mol. The maximum absolute atomic E-state index is 6.00. The molecule has 2 saturated heterocycles. The van der Waals surface area contributed by atoms with Crippen molar-refractivity contribution < 1.29 is 4.74 Å². The molecule has 21 heavy (non-hydrogen) atoms. The van der Waals surface area contributed by atoms with Crippen LogP contribution < -0.4 is 11.1 Å². The number of benzene rings is 1. The Labute approximate surface area is 135 Å². The van der Waals surface area contributed by atoms with E-state index in [1.54, 1.807) is 6.07 Å². The van der Waals surface area contributed by atoms with Crippen LogP contribution in [0.3, 0.4) is 0 Å². The van der Waals surface area contributed by atoms with Crippen LogP contribution in [0.4, 0.5) is 5.69 Å². The first-order chi connectivity index (χ1) is 10.1. The fraction of sp³-hybridized carbons (Fsp3) is 0.533. The Bertz CT molecular complexity index is 540. The van der Waals surface area contributed by atoms with Crippen LogP contribution in [0, 0.1) is 0 Å². The van der Waals surface area contributed by atoms with Gasteiger partial charge in [-0.15, -0.1) is 0 Å². The molecule has 3 rings (SSSR count). The van der Waals surface area contributed by atoms with Crippen molar-refractivity contribution in [3.63, 3.8) is 0 Å². The fourth-order valence-corrected chi connectivity index (χ4v) is 3.45. The van der Waals surface area contributed by atoms with Crippen molar-refractivity contribution in [3.05, 3.63) is 28.8 Å². The summed E-state index contributed by atoms with van der Waals surface area (Å²) in [6.07, 6.45) is 2.76. The molecule has 0 amide bonds. The van der Waals surface area contributed by atoms with Gasteiger partial charge in [-0.1, -0.05) is 23.8 Å². The molecule has 2 fully saturated rings. The highest BCUT2D eigenvalue weighted by Crippen LogP contribution is 2.24. The molecule has 3 N–H and O–H groups in total. The van der Waals surface area contributed by atoms with Crippen molar-refractivity contribution in [3.8, 4) is 0 Å². The van der Waals surface area contributed by atoms with Crippen LogP contribution in [0.15, 0.2) is 18.2 Å². The third-order valence-electron chi connectivity index (χ3n) is 4.23. The second-order valence-corrected chi connectivity index (χ2v) is 6.56. The average molecular weight is 326 g/mol. The van der Waals surface area contributed by atoms with E-state index in [-0.39, 0.29) is 6.10 Å². The van der Waals surface area contributed by atoms with Gasteiger partial charge in [0.2, 0.25) is 0 Å². The van der Waals surface area contributed by atoms with E-state index >= 15 is 0 Å². The van der Waals surface area contributed by atoms with E-state index in [2.05, 4.69) is 10.2 Å². The van der Waals surface area contributed by atoms with Gasteiger partial charge in [0.1, 0.15) is 4.99 Å². The highest BCUT2D eigenvalue weighted by atomic mass is 35.5. The number of hydrogen-bond donors (Lipinski definition) is 2. The zero-order chi connectivity index (χ0) is 14.8. The molecule has 2 atom stereocenters. The molecule has 0 aliphatic carbocycles. The second-order valence-electron chi connectivity index (χ2n) is 5.68. The Morgan fingerprint density at radius 2 is 2.38 bits per heavy atom. The van der Waals surface area contributed by atoms with Crippen molar-refractivity contribution in [2.24, 2.45) is 5.73 Å². The quantitative estimate of drug-likeness (QED) is 0.832. The van der Waals surface area contributed by atoms with E-state index < -0.39 is 0 Å². The van der Waals surface area contributed by atoms with Gasteiger partial charge in [-0.2, -0.15) is 0 Å².